The van der Waals surface area contributed by atoms with Crippen LogP contribution in [-0.2, 0) is 11.3 Å². The highest BCUT2D eigenvalue weighted by Crippen LogP contribution is 2.41. The molecule has 1 aliphatic carbocycles. The van der Waals surface area contributed by atoms with E-state index in [9.17, 15) is 0 Å². The Bertz CT molecular complexity index is 680. The molecule has 3 heterocycles. The summed E-state index contributed by atoms with van der Waals surface area (Å²) in [6, 6.07) is 2.32. The highest BCUT2D eigenvalue weighted by molar-refractivity contribution is 5.55. The lowest BCUT2D eigenvalue weighted by atomic mass is 9.92. The molecule has 4 rings (SSSR count). The molecule has 1 unspecified atom stereocenters. The van der Waals surface area contributed by atoms with Crippen molar-refractivity contribution in [2.24, 2.45) is 0 Å². The molecular weight excluding hydrogens is 294 g/mol. The standard InChI is InChI=1S/C17H23N3O3/c1-11-9-13(12(2)22-11)16-20-19-15(23-16)10-18-14-5-8-21-17(14)6-3-4-7-17/h9,14,18H,3-8,10H2,1-2H3. The summed E-state index contributed by atoms with van der Waals surface area (Å²) in [6.07, 6.45) is 5.91. The lowest BCUT2D eigenvalue weighted by Gasteiger charge is -2.30. The molecule has 23 heavy (non-hydrogen) atoms. The molecule has 1 atom stereocenters. The third-order valence-corrected chi connectivity index (χ3v) is 5.12. The molecule has 0 amide bonds. The summed E-state index contributed by atoms with van der Waals surface area (Å²) in [5.74, 6) is 2.79. The van der Waals surface area contributed by atoms with Crippen LogP contribution in [0, 0.1) is 13.8 Å². The van der Waals surface area contributed by atoms with E-state index in [1.165, 1.54) is 12.8 Å². The van der Waals surface area contributed by atoms with Gasteiger partial charge in [0.1, 0.15) is 11.5 Å². The number of nitrogens with zero attached hydrogens (tertiary/aromatic N) is 2. The quantitative estimate of drug-likeness (QED) is 0.934. The maximum Gasteiger partial charge on any atom is 0.251 e. The molecule has 1 N–H and O–H groups in total. The fourth-order valence-electron chi connectivity index (χ4n) is 3.99. The second-order valence-electron chi connectivity index (χ2n) is 6.67. The topological polar surface area (TPSA) is 73.3 Å². The maximum atomic E-state index is 6.05. The van der Waals surface area contributed by atoms with Crippen molar-refractivity contribution in [3.8, 4) is 11.5 Å². The average molecular weight is 317 g/mol. The molecular formula is C17H23N3O3. The van der Waals surface area contributed by atoms with E-state index in [1.807, 2.05) is 19.9 Å². The second-order valence-corrected chi connectivity index (χ2v) is 6.67. The van der Waals surface area contributed by atoms with Gasteiger partial charge in [-0.25, -0.2) is 0 Å². The van der Waals surface area contributed by atoms with Gasteiger partial charge in [-0.15, -0.1) is 10.2 Å². The van der Waals surface area contributed by atoms with Crippen LogP contribution in [0.5, 0.6) is 0 Å². The fraction of sp³-hybridized carbons (Fsp3) is 0.647. The SMILES string of the molecule is Cc1cc(-c2nnc(CNC3CCOC34CCCC4)o2)c(C)o1. The van der Waals surface area contributed by atoms with E-state index >= 15 is 0 Å². The molecule has 1 spiro atoms. The molecule has 124 valence electrons. The molecule has 0 bridgehead atoms. The number of hydrogen-bond donors (Lipinski definition) is 1. The van der Waals surface area contributed by atoms with Crippen molar-refractivity contribution in [1.82, 2.24) is 15.5 Å². The Kier molecular flexibility index (Phi) is 3.73. The van der Waals surface area contributed by atoms with Gasteiger partial charge in [-0.1, -0.05) is 12.8 Å². The summed E-state index contributed by atoms with van der Waals surface area (Å²) in [7, 11) is 0. The third kappa shape index (κ3) is 2.70. The number of hydrogen-bond acceptors (Lipinski definition) is 6. The summed E-state index contributed by atoms with van der Waals surface area (Å²) in [5.41, 5.74) is 0.916. The van der Waals surface area contributed by atoms with Crippen molar-refractivity contribution >= 4 is 0 Å². The van der Waals surface area contributed by atoms with Crippen molar-refractivity contribution in [2.45, 2.75) is 64.1 Å². The number of aromatic nitrogens is 2. The molecule has 0 aromatic carbocycles. The van der Waals surface area contributed by atoms with Crippen molar-refractivity contribution in [3.05, 3.63) is 23.5 Å². The Hall–Kier alpha value is -1.66. The zero-order chi connectivity index (χ0) is 15.9. The summed E-state index contributed by atoms with van der Waals surface area (Å²) in [6.45, 7) is 5.25. The van der Waals surface area contributed by atoms with Crippen molar-refractivity contribution in [1.29, 1.82) is 0 Å². The van der Waals surface area contributed by atoms with Crippen LogP contribution in [0.15, 0.2) is 14.9 Å². The number of aryl methyl sites for hydroxylation is 2. The molecule has 6 nitrogen and oxygen atoms in total. The Balaban J connectivity index is 1.43. The number of ether oxygens (including phenoxy) is 1. The third-order valence-electron chi connectivity index (χ3n) is 5.12. The van der Waals surface area contributed by atoms with Gasteiger partial charge < -0.3 is 18.9 Å². The first-order valence-electron chi connectivity index (χ1n) is 8.43. The van der Waals surface area contributed by atoms with Crippen LogP contribution in [0.2, 0.25) is 0 Å². The van der Waals surface area contributed by atoms with Gasteiger partial charge >= 0.3 is 0 Å². The lowest BCUT2D eigenvalue weighted by molar-refractivity contribution is -0.00515. The summed E-state index contributed by atoms with van der Waals surface area (Å²) >= 11 is 0. The van der Waals surface area contributed by atoms with Crippen molar-refractivity contribution in [2.75, 3.05) is 6.61 Å². The molecule has 1 saturated heterocycles. The zero-order valence-electron chi connectivity index (χ0n) is 13.7. The van der Waals surface area contributed by atoms with E-state index in [0.29, 0.717) is 24.4 Å². The molecule has 0 radical (unpaired) electrons. The van der Waals surface area contributed by atoms with Gasteiger partial charge in [0.05, 0.1) is 17.7 Å². The number of nitrogens with one attached hydrogen (secondary N) is 1. The summed E-state index contributed by atoms with van der Waals surface area (Å²) < 4.78 is 17.4. The van der Waals surface area contributed by atoms with Crippen molar-refractivity contribution < 1.29 is 13.6 Å². The highest BCUT2D eigenvalue weighted by atomic mass is 16.5. The molecule has 2 aromatic rings. The van der Waals surface area contributed by atoms with Crippen molar-refractivity contribution in [3.63, 3.8) is 0 Å². The Morgan fingerprint density at radius 2 is 2.04 bits per heavy atom. The predicted octanol–water partition coefficient (Wildman–Crippen LogP) is 3.14. The normalized spacial score (nSPS) is 23.1. The van der Waals surface area contributed by atoms with E-state index in [4.69, 9.17) is 13.6 Å². The van der Waals surface area contributed by atoms with E-state index in [0.717, 1.165) is 43.0 Å². The first kappa shape index (κ1) is 14.9. The van der Waals surface area contributed by atoms with Crippen LogP contribution in [0.1, 0.15) is 49.5 Å². The van der Waals surface area contributed by atoms with Gasteiger partial charge in [0, 0.05) is 12.6 Å². The molecule has 2 aliphatic rings. The minimum Gasteiger partial charge on any atom is -0.466 e. The van der Waals surface area contributed by atoms with Crippen LogP contribution in [0.3, 0.4) is 0 Å². The van der Waals surface area contributed by atoms with Gasteiger partial charge in [-0.3, -0.25) is 0 Å². The lowest BCUT2D eigenvalue weighted by Crippen LogP contribution is -2.45. The fourth-order valence-corrected chi connectivity index (χ4v) is 3.99. The van der Waals surface area contributed by atoms with E-state index < -0.39 is 0 Å². The first-order valence-corrected chi connectivity index (χ1v) is 8.43. The van der Waals surface area contributed by atoms with Crippen LogP contribution in [-0.4, -0.2) is 28.4 Å². The zero-order valence-corrected chi connectivity index (χ0v) is 13.7. The largest absolute Gasteiger partial charge is 0.466 e. The molecule has 2 fully saturated rings. The van der Waals surface area contributed by atoms with Gasteiger partial charge in [-0.2, -0.15) is 0 Å². The first-order chi connectivity index (χ1) is 11.2. The Morgan fingerprint density at radius 3 is 2.78 bits per heavy atom. The van der Waals surface area contributed by atoms with E-state index in [-0.39, 0.29) is 5.60 Å². The second kappa shape index (κ2) is 5.76. The molecule has 2 aromatic heterocycles. The summed E-state index contributed by atoms with van der Waals surface area (Å²) in [5, 5.41) is 11.9. The van der Waals surface area contributed by atoms with Crippen LogP contribution < -0.4 is 5.32 Å². The number of rotatable bonds is 4. The Labute approximate surface area is 135 Å². The molecule has 1 aliphatic heterocycles. The van der Waals surface area contributed by atoms with Crippen LogP contribution in [0.25, 0.3) is 11.5 Å². The minimum absolute atomic E-state index is 0.0428. The van der Waals surface area contributed by atoms with Gasteiger partial charge in [0.2, 0.25) is 5.89 Å². The maximum absolute atomic E-state index is 6.05. The highest BCUT2D eigenvalue weighted by Gasteiger charge is 2.45. The Morgan fingerprint density at radius 1 is 1.22 bits per heavy atom. The number of furan rings is 1. The molecule has 1 saturated carbocycles. The minimum atomic E-state index is 0.0428. The smallest absolute Gasteiger partial charge is 0.251 e. The van der Waals surface area contributed by atoms with E-state index in [1.54, 1.807) is 0 Å². The van der Waals surface area contributed by atoms with Gasteiger partial charge in [0.15, 0.2) is 0 Å². The van der Waals surface area contributed by atoms with Crippen LogP contribution in [0.4, 0.5) is 0 Å². The summed E-state index contributed by atoms with van der Waals surface area (Å²) in [4.78, 5) is 0. The molecule has 6 heteroatoms. The van der Waals surface area contributed by atoms with Crippen LogP contribution >= 0.6 is 0 Å². The predicted molar refractivity (Wildman–Crippen MR) is 83.9 cm³/mol. The van der Waals surface area contributed by atoms with Gasteiger partial charge in [-0.05, 0) is 39.2 Å². The van der Waals surface area contributed by atoms with E-state index in [2.05, 4.69) is 15.5 Å². The van der Waals surface area contributed by atoms with Gasteiger partial charge in [0.25, 0.3) is 5.89 Å². The monoisotopic (exact) mass is 317 g/mol. The average Bonchev–Trinajstić information content (AvgIpc) is 3.28.